The van der Waals surface area contributed by atoms with Gasteiger partial charge >= 0.3 is 0 Å². The second-order valence-electron chi connectivity index (χ2n) is 6.65. The van der Waals surface area contributed by atoms with Gasteiger partial charge in [0.1, 0.15) is 0 Å². The monoisotopic (exact) mass is 409 g/mol. The number of nitrogens with two attached hydrogens (primary N) is 1. The van der Waals surface area contributed by atoms with Crippen LogP contribution in [0.4, 0.5) is 5.69 Å². The molecule has 0 atom stereocenters. The first-order valence-corrected chi connectivity index (χ1v) is 9.28. The van der Waals surface area contributed by atoms with Crippen LogP contribution in [0.25, 0.3) is 11.3 Å². The SMILES string of the molecule is COc1cc(NC(=O)CCc2ncc(-c3ccc(C)cc3)o2)c(C(N)=O)cc1OC. The van der Waals surface area contributed by atoms with Crippen LogP contribution in [0.3, 0.4) is 0 Å². The predicted molar refractivity (Wildman–Crippen MR) is 112 cm³/mol. The lowest BCUT2D eigenvalue weighted by molar-refractivity contribution is -0.116. The van der Waals surface area contributed by atoms with Crippen molar-refractivity contribution in [2.45, 2.75) is 19.8 Å². The number of ether oxygens (including phenoxy) is 2. The van der Waals surface area contributed by atoms with E-state index >= 15 is 0 Å². The van der Waals surface area contributed by atoms with Crippen molar-refractivity contribution in [3.8, 4) is 22.8 Å². The Kier molecular flexibility index (Phi) is 6.36. The van der Waals surface area contributed by atoms with Crippen molar-refractivity contribution in [2.24, 2.45) is 5.73 Å². The third kappa shape index (κ3) is 4.78. The second kappa shape index (κ2) is 9.13. The molecule has 3 N–H and O–H groups in total. The van der Waals surface area contributed by atoms with Crippen LogP contribution in [0.2, 0.25) is 0 Å². The molecule has 0 aliphatic rings. The Hall–Kier alpha value is -3.81. The highest BCUT2D eigenvalue weighted by Crippen LogP contribution is 2.33. The molecule has 0 spiro atoms. The highest BCUT2D eigenvalue weighted by Gasteiger charge is 2.17. The molecule has 30 heavy (non-hydrogen) atoms. The molecule has 1 aromatic heterocycles. The van der Waals surface area contributed by atoms with Gasteiger partial charge in [0.25, 0.3) is 5.91 Å². The number of benzene rings is 2. The number of amides is 2. The van der Waals surface area contributed by atoms with E-state index in [1.54, 1.807) is 6.20 Å². The molecule has 3 rings (SSSR count). The van der Waals surface area contributed by atoms with Gasteiger partial charge in [0, 0.05) is 24.5 Å². The van der Waals surface area contributed by atoms with Crippen LogP contribution in [-0.4, -0.2) is 31.0 Å². The minimum Gasteiger partial charge on any atom is -0.493 e. The molecule has 0 unspecified atom stereocenters. The summed E-state index contributed by atoms with van der Waals surface area (Å²) in [5.41, 5.74) is 7.87. The molecule has 156 valence electrons. The lowest BCUT2D eigenvalue weighted by Crippen LogP contribution is -2.19. The number of oxazole rings is 1. The molecule has 0 fully saturated rings. The first kappa shape index (κ1) is 20.9. The Bertz CT molecular complexity index is 1060. The van der Waals surface area contributed by atoms with Crippen LogP contribution in [0.15, 0.2) is 47.0 Å². The fourth-order valence-corrected chi connectivity index (χ4v) is 2.90. The number of methoxy groups -OCH3 is 2. The van der Waals surface area contributed by atoms with Crippen molar-refractivity contribution in [3.05, 3.63) is 59.6 Å². The predicted octanol–water partition coefficient (Wildman–Crippen LogP) is 3.34. The molecular formula is C22H23N3O5. The van der Waals surface area contributed by atoms with Gasteiger partial charge in [-0.15, -0.1) is 0 Å². The molecule has 0 radical (unpaired) electrons. The molecule has 3 aromatic rings. The number of aryl methyl sites for hydroxylation is 2. The van der Waals surface area contributed by atoms with Gasteiger partial charge in [0.05, 0.1) is 31.7 Å². The zero-order valence-corrected chi connectivity index (χ0v) is 17.0. The van der Waals surface area contributed by atoms with Crippen molar-refractivity contribution in [1.82, 2.24) is 4.98 Å². The maximum Gasteiger partial charge on any atom is 0.250 e. The van der Waals surface area contributed by atoms with Crippen molar-refractivity contribution >= 4 is 17.5 Å². The maximum absolute atomic E-state index is 12.4. The summed E-state index contributed by atoms with van der Waals surface area (Å²) in [5, 5.41) is 2.69. The molecule has 0 saturated carbocycles. The number of aromatic nitrogens is 1. The average Bonchev–Trinajstić information content (AvgIpc) is 3.21. The van der Waals surface area contributed by atoms with E-state index in [4.69, 9.17) is 19.6 Å². The van der Waals surface area contributed by atoms with E-state index in [1.807, 2.05) is 31.2 Å². The summed E-state index contributed by atoms with van der Waals surface area (Å²) in [6, 6.07) is 10.8. The first-order valence-electron chi connectivity index (χ1n) is 9.28. The Morgan fingerprint density at radius 3 is 2.40 bits per heavy atom. The summed E-state index contributed by atoms with van der Waals surface area (Å²) in [6.45, 7) is 2.01. The van der Waals surface area contributed by atoms with Crippen molar-refractivity contribution in [1.29, 1.82) is 0 Å². The van der Waals surface area contributed by atoms with E-state index in [1.165, 1.54) is 26.4 Å². The zero-order valence-electron chi connectivity index (χ0n) is 17.0. The topological polar surface area (TPSA) is 117 Å². The number of rotatable bonds is 8. The van der Waals surface area contributed by atoms with Gasteiger partial charge < -0.3 is 24.9 Å². The highest BCUT2D eigenvalue weighted by atomic mass is 16.5. The molecule has 0 saturated heterocycles. The Morgan fingerprint density at radius 1 is 1.10 bits per heavy atom. The Labute approximate surface area is 174 Å². The van der Waals surface area contributed by atoms with Gasteiger partial charge in [-0.2, -0.15) is 0 Å². The van der Waals surface area contributed by atoms with Gasteiger partial charge in [0.2, 0.25) is 5.91 Å². The normalized spacial score (nSPS) is 10.5. The fourth-order valence-electron chi connectivity index (χ4n) is 2.90. The number of anilines is 1. The van der Waals surface area contributed by atoms with E-state index in [2.05, 4.69) is 10.3 Å². The largest absolute Gasteiger partial charge is 0.493 e. The molecule has 0 aliphatic heterocycles. The molecule has 0 bridgehead atoms. The van der Waals surface area contributed by atoms with Crippen LogP contribution < -0.4 is 20.5 Å². The number of primary amides is 1. The number of hydrogen-bond acceptors (Lipinski definition) is 6. The Morgan fingerprint density at radius 2 is 1.77 bits per heavy atom. The summed E-state index contributed by atoms with van der Waals surface area (Å²) in [7, 11) is 2.91. The molecule has 1 heterocycles. The van der Waals surface area contributed by atoms with Gasteiger partial charge in [0.15, 0.2) is 23.1 Å². The van der Waals surface area contributed by atoms with Crippen molar-refractivity contribution in [3.63, 3.8) is 0 Å². The molecule has 2 aromatic carbocycles. The minimum atomic E-state index is -0.693. The summed E-state index contributed by atoms with van der Waals surface area (Å²) in [4.78, 5) is 28.4. The van der Waals surface area contributed by atoms with E-state index in [0.29, 0.717) is 29.6 Å². The molecular weight excluding hydrogens is 386 g/mol. The van der Waals surface area contributed by atoms with Gasteiger partial charge in [-0.1, -0.05) is 29.8 Å². The molecule has 8 nitrogen and oxygen atoms in total. The third-order valence-electron chi connectivity index (χ3n) is 4.52. The number of hydrogen-bond donors (Lipinski definition) is 2. The quantitative estimate of drug-likeness (QED) is 0.589. The number of carbonyl (C=O) groups excluding carboxylic acids is 2. The minimum absolute atomic E-state index is 0.112. The number of nitrogens with zero attached hydrogens (tertiary/aromatic N) is 1. The van der Waals surface area contributed by atoms with Crippen LogP contribution in [0.1, 0.15) is 28.2 Å². The average molecular weight is 409 g/mol. The van der Waals surface area contributed by atoms with Crippen LogP contribution in [0.5, 0.6) is 11.5 Å². The molecule has 2 amide bonds. The Balaban J connectivity index is 1.68. The standard InChI is InChI=1S/C22H23N3O5/c1-13-4-6-14(7-5-13)19-12-24-21(30-19)9-8-20(26)25-16-11-18(29-3)17(28-2)10-15(16)22(23)27/h4-7,10-12H,8-9H2,1-3H3,(H2,23,27)(H,25,26). The summed E-state index contributed by atoms with van der Waals surface area (Å²) in [5.74, 6) is 0.784. The highest BCUT2D eigenvalue weighted by molar-refractivity contribution is 6.03. The van der Waals surface area contributed by atoms with Gasteiger partial charge in [-0.05, 0) is 13.0 Å². The fraction of sp³-hybridized carbons (Fsp3) is 0.227. The number of carbonyl (C=O) groups is 2. The van der Waals surface area contributed by atoms with Crippen molar-refractivity contribution < 1.29 is 23.5 Å². The summed E-state index contributed by atoms with van der Waals surface area (Å²) >= 11 is 0. The summed E-state index contributed by atoms with van der Waals surface area (Å²) < 4.78 is 16.1. The lowest BCUT2D eigenvalue weighted by atomic mass is 10.1. The van der Waals surface area contributed by atoms with Crippen LogP contribution in [0, 0.1) is 6.92 Å². The van der Waals surface area contributed by atoms with E-state index in [0.717, 1.165) is 11.1 Å². The third-order valence-corrected chi connectivity index (χ3v) is 4.52. The maximum atomic E-state index is 12.4. The smallest absolute Gasteiger partial charge is 0.250 e. The second-order valence-corrected chi connectivity index (χ2v) is 6.65. The van der Waals surface area contributed by atoms with Gasteiger partial charge in [-0.25, -0.2) is 4.98 Å². The number of nitrogens with one attached hydrogen (secondary N) is 1. The van der Waals surface area contributed by atoms with Gasteiger partial charge in [-0.3, -0.25) is 9.59 Å². The lowest BCUT2D eigenvalue weighted by Gasteiger charge is -2.14. The summed E-state index contributed by atoms with van der Waals surface area (Å²) in [6.07, 6.45) is 2.05. The molecule has 8 heteroatoms. The molecule has 0 aliphatic carbocycles. The van der Waals surface area contributed by atoms with Crippen molar-refractivity contribution in [2.75, 3.05) is 19.5 Å². The van der Waals surface area contributed by atoms with E-state index in [-0.39, 0.29) is 23.6 Å². The first-order chi connectivity index (χ1) is 14.4. The van der Waals surface area contributed by atoms with Crippen LogP contribution in [-0.2, 0) is 11.2 Å². The zero-order chi connectivity index (χ0) is 21.7. The van der Waals surface area contributed by atoms with E-state index in [9.17, 15) is 9.59 Å². The van der Waals surface area contributed by atoms with Crippen LogP contribution >= 0.6 is 0 Å². The van der Waals surface area contributed by atoms with E-state index < -0.39 is 5.91 Å².